The average Bonchev–Trinajstić information content (AvgIpc) is 2.93. The van der Waals surface area contributed by atoms with Crippen LogP contribution in [0.15, 0.2) is 12.2 Å². The number of allylic oxidation sites excluding steroid dienone is 2. The molecule has 0 aromatic heterocycles. The lowest BCUT2D eigenvalue weighted by Gasteiger charge is -2.44. The van der Waals surface area contributed by atoms with Gasteiger partial charge in [-0.05, 0) is 50.4 Å². The van der Waals surface area contributed by atoms with Crippen LogP contribution in [0.5, 0.6) is 0 Å². The molecule has 18 heavy (non-hydrogen) atoms. The van der Waals surface area contributed by atoms with Gasteiger partial charge in [-0.2, -0.15) is 0 Å². The molecule has 3 rings (SSSR count). The van der Waals surface area contributed by atoms with Gasteiger partial charge < -0.3 is 9.64 Å². The summed E-state index contributed by atoms with van der Waals surface area (Å²) in [4.78, 5) is 14.5. The Morgan fingerprint density at radius 1 is 1.28 bits per heavy atom. The summed E-state index contributed by atoms with van der Waals surface area (Å²) in [6.07, 6.45) is 12.4. The molecule has 0 bridgehead atoms. The van der Waals surface area contributed by atoms with Crippen molar-refractivity contribution in [3.8, 4) is 0 Å². The van der Waals surface area contributed by atoms with Crippen molar-refractivity contribution in [1.82, 2.24) is 4.90 Å². The molecule has 2 fully saturated rings. The van der Waals surface area contributed by atoms with Gasteiger partial charge in [-0.15, -0.1) is 0 Å². The Balaban J connectivity index is 1.66. The smallest absolute Gasteiger partial charge is 0.251 e. The fourth-order valence-electron chi connectivity index (χ4n) is 3.69. The maximum absolute atomic E-state index is 12.4. The molecule has 0 radical (unpaired) electrons. The van der Waals surface area contributed by atoms with Crippen molar-refractivity contribution in [3.63, 3.8) is 0 Å². The predicted octanol–water partition coefficient (Wildman–Crippen LogP) is 2.51. The van der Waals surface area contributed by atoms with Crippen molar-refractivity contribution in [3.05, 3.63) is 12.2 Å². The summed E-state index contributed by atoms with van der Waals surface area (Å²) in [5, 5.41) is 0. The van der Waals surface area contributed by atoms with Crippen LogP contribution < -0.4 is 0 Å². The minimum atomic E-state index is -0.140. The molecule has 3 nitrogen and oxygen atoms in total. The van der Waals surface area contributed by atoms with Gasteiger partial charge in [0.2, 0.25) is 0 Å². The monoisotopic (exact) mass is 249 g/mol. The molecule has 3 heteroatoms. The first-order chi connectivity index (χ1) is 8.79. The third-order valence-corrected chi connectivity index (χ3v) is 4.74. The van der Waals surface area contributed by atoms with Crippen molar-refractivity contribution >= 4 is 5.91 Å². The highest BCUT2D eigenvalue weighted by atomic mass is 16.5. The van der Waals surface area contributed by atoms with Crippen LogP contribution in [0.4, 0.5) is 0 Å². The molecule has 3 aliphatic rings. The van der Waals surface area contributed by atoms with Crippen LogP contribution in [0.25, 0.3) is 0 Å². The molecular weight excluding hydrogens is 226 g/mol. The van der Waals surface area contributed by atoms with Crippen LogP contribution in [0, 0.1) is 5.41 Å². The number of piperidine rings is 1. The van der Waals surface area contributed by atoms with E-state index in [1.807, 2.05) is 0 Å². The maximum Gasteiger partial charge on any atom is 0.251 e. The SMILES string of the molecule is O=C(C1CCCO1)N1CCCC2(CC=CCC2)C1. The Bertz CT molecular complexity index is 346. The van der Waals surface area contributed by atoms with Crippen molar-refractivity contribution in [2.75, 3.05) is 19.7 Å². The Hall–Kier alpha value is -0.830. The molecule has 2 atom stereocenters. The standard InChI is InChI=1S/C15H23NO2/c17-14(13-6-4-11-18-13)16-10-5-9-15(12-16)7-2-1-3-8-15/h1-2,13H,3-12H2. The van der Waals surface area contributed by atoms with Gasteiger partial charge in [0, 0.05) is 19.7 Å². The average molecular weight is 249 g/mol. The molecule has 2 saturated heterocycles. The van der Waals surface area contributed by atoms with Crippen molar-refractivity contribution in [2.24, 2.45) is 5.41 Å². The van der Waals surface area contributed by atoms with Crippen LogP contribution >= 0.6 is 0 Å². The number of ether oxygens (including phenoxy) is 1. The van der Waals surface area contributed by atoms with Gasteiger partial charge >= 0.3 is 0 Å². The van der Waals surface area contributed by atoms with E-state index < -0.39 is 0 Å². The minimum Gasteiger partial charge on any atom is -0.368 e. The van der Waals surface area contributed by atoms with Gasteiger partial charge in [0.05, 0.1) is 0 Å². The molecule has 2 aliphatic heterocycles. The number of hydrogen-bond acceptors (Lipinski definition) is 2. The summed E-state index contributed by atoms with van der Waals surface area (Å²) >= 11 is 0. The highest BCUT2D eigenvalue weighted by molar-refractivity contribution is 5.81. The third kappa shape index (κ3) is 2.33. The van der Waals surface area contributed by atoms with Gasteiger partial charge in [-0.3, -0.25) is 4.79 Å². The summed E-state index contributed by atoms with van der Waals surface area (Å²) in [5.74, 6) is 0.251. The molecule has 1 aliphatic carbocycles. The largest absolute Gasteiger partial charge is 0.368 e. The van der Waals surface area contributed by atoms with E-state index in [1.165, 1.54) is 19.3 Å². The number of carbonyl (C=O) groups is 1. The lowest BCUT2D eigenvalue weighted by atomic mass is 9.71. The zero-order valence-electron chi connectivity index (χ0n) is 11.1. The molecule has 0 aromatic carbocycles. The quantitative estimate of drug-likeness (QED) is 0.668. The van der Waals surface area contributed by atoms with Gasteiger partial charge in [0.15, 0.2) is 0 Å². The number of nitrogens with zero attached hydrogens (tertiary/aromatic N) is 1. The van der Waals surface area contributed by atoms with E-state index >= 15 is 0 Å². The summed E-state index contributed by atoms with van der Waals surface area (Å²) in [6.45, 7) is 2.65. The van der Waals surface area contributed by atoms with Crippen molar-refractivity contribution < 1.29 is 9.53 Å². The zero-order chi connectivity index (χ0) is 12.4. The molecule has 1 amide bonds. The molecule has 0 N–H and O–H groups in total. The summed E-state index contributed by atoms with van der Waals surface area (Å²) < 4.78 is 5.54. The molecule has 2 heterocycles. The normalized spacial score (nSPS) is 36.2. The van der Waals surface area contributed by atoms with E-state index in [9.17, 15) is 4.79 Å². The fourth-order valence-corrected chi connectivity index (χ4v) is 3.69. The zero-order valence-corrected chi connectivity index (χ0v) is 11.1. The van der Waals surface area contributed by atoms with Crippen LogP contribution in [0.1, 0.15) is 44.9 Å². The topological polar surface area (TPSA) is 29.5 Å². The van der Waals surface area contributed by atoms with Gasteiger partial charge in [0.1, 0.15) is 6.10 Å². The lowest BCUT2D eigenvalue weighted by molar-refractivity contribution is -0.144. The Morgan fingerprint density at radius 3 is 2.94 bits per heavy atom. The van der Waals surface area contributed by atoms with E-state index in [2.05, 4.69) is 17.1 Å². The molecular formula is C15H23NO2. The summed E-state index contributed by atoms with van der Waals surface area (Å²) in [5.41, 5.74) is 0.376. The van der Waals surface area contributed by atoms with Crippen LogP contribution in [-0.2, 0) is 9.53 Å². The van der Waals surface area contributed by atoms with Crippen molar-refractivity contribution in [1.29, 1.82) is 0 Å². The molecule has 100 valence electrons. The van der Waals surface area contributed by atoms with E-state index in [4.69, 9.17) is 4.74 Å². The van der Waals surface area contributed by atoms with Gasteiger partial charge in [-0.1, -0.05) is 12.2 Å². The first-order valence-electron chi connectivity index (χ1n) is 7.35. The first-order valence-corrected chi connectivity index (χ1v) is 7.35. The molecule has 1 spiro atoms. The number of carbonyl (C=O) groups excluding carboxylic acids is 1. The number of likely N-dealkylation sites (tertiary alicyclic amines) is 1. The highest BCUT2D eigenvalue weighted by Crippen LogP contribution is 2.41. The third-order valence-electron chi connectivity index (χ3n) is 4.74. The summed E-state index contributed by atoms with van der Waals surface area (Å²) in [7, 11) is 0. The molecule has 0 saturated carbocycles. The fraction of sp³-hybridized carbons (Fsp3) is 0.800. The van der Waals surface area contributed by atoms with E-state index in [-0.39, 0.29) is 12.0 Å². The number of rotatable bonds is 1. The molecule has 2 unspecified atom stereocenters. The lowest BCUT2D eigenvalue weighted by Crippen LogP contribution is -2.49. The van der Waals surface area contributed by atoms with E-state index in [0.717, 1.165) is 45.4 Å². The van der Waals surface area contributed by atoms with Crippen LogP contribution in [-0.4, -0.2) is 36.6 Å². The second-order valence-corrected chi connectivity index (χ2v) is 6.08. The second kappa shape index (κ2) is 5.04. The van der Waals surface area contributed by atoms with E-state index in [0.29, 0.717) is 5.41 Å². The number of hydrogen-bond donors (Lipinski definition) is 0. The van der Waals surface area contributed by atoms with Gasteiger partial charge in [-0.25, -0.2) is 0 Å². The van der Waals surface area contributed by atoms with Crippen LogP contribution in [0.2, 0.25) is 0 Å². The summed E-state index contributed by atoms with van der Waals surface area (Å²) in [6, 6.07) is 0. The maximum atomic E-state index is 12.4. The first kappa shape index (κ1) is 12.2. The number of amides is 1. The van der Waals surface area contributed by atoms with Gasteiger partial charge in [0.25, 0.3) is 5.91 Å². The van der Waals surface area contributed by atoms with Crippen LogP contribution in [0.3, 0.4) is 0 Å². The highest BCUT2D eigenvalue weighted by Gasteiger charge is 2.39. The molecule has 0 aromatic rings. The Morgan fingerprint density at radius 2 is 2.22 bits per heavy atom. The van der Waals surface area contributed by atoms with E-state index in [1.54, 1.807) is 0 Å². The second-order valence-electron chi connectivity index (χ2n) is 6.08. The predicted molar refractivity (Wildman–Crippen MR) is 70.2 cm³/mol. The Labute approximate surface area is 109 Å². The minimum absolute atomic E-state index is 0.140. The Kier molecular flexibility index (Phi) is 3.42. The van der Waals surface area contributed by atoms with Crippen molar-refractivity contribution in [2.45, 2.75) is 51.0 Å².